The van der Waals surface area contributed by atoms with Gasteiger partial charge in [-0.1, -0.05) is 39.0 Å². The maximum atomic E-state index is 13.2. The summed E-state index contributed by atoms with van der Waals surface area (Å²) in [6, 6.07) is 3.57. The second-order valence-corrected chi connectivity index (χ2v) is 4.65. The quantitative estimate of drug-likeness (QED) is 0.407. The standard InChI is InChI=1S/C14H21FN2O2/c1-2-3-4-5-6-7-8-16-13-9-12(15)10-14(11-13)17(18)19/h9-11,16H,2-8H2,1H3. The van der Waals surface area contributed by atoms with Crippen LogP contribution in [0.1, 0.15) is 45.4 Å². The van der Waals surface area contributed by atoms with Crippen molar-refractivity contribution < 1.29 is 9.31 Å². The Bertz CT molecular complexity index is 410. The lowest BCUT2D eigenvalue weighted by molar-refractivity contribution is -0.385. The van der Waals surface area contributed by atoms with Crippen molar-refractivity contribution in [1.82, 2.24) is 0 Å². The molecule has 0 aliphatic heterocycles. The van der Waals surface area contributed by atoms with E-state index in [1.807, 2.05) is 0 Å². The monoisotopic (exact) mass is 268 g/mol. The average Bonchev–Trinajstić information content (AvgIpc) is 2.37. The third-order valence-electron chi connectivity index (χ3n) is 2.95. The van der Waals surface area contributed by atoms with Crippen molar-refractivity contribution >= 4 is 11.4 Å². The second kappa shape index (κ2) is 8.45. The Labute approximate surface area is 113 Å². The number of hydrogen-bond acceptors (Lipinski definition) is 3. The number of halogens is 1. The Kier molecular flexibility index (Phi) is 6.85. The third kappa shape index (κ3) is 6.18. The third-order valence-corrected chi connectivity index (χ3v) is 2.95. The van der Waals surface area contributed by atoms with Crippen LogP contribution in [0.2, 0.25) is 0 Å². The van der Waals surface area contributed by atoms with E-state index in [0.717, 1.165) is 18.9 Å². The molecule has 0 atom stereocenters. The topological polar surface area (TPSA) is 55.2 Å². The van der Waals surface area contributed by atoms with E-state index in [0.29, 0.717) is 12.2 Å². The van der Waals surface area contributed by atoms with Crippen molar-refractivity contribution in [2.24, 2.45) is 0 Å². The zero-order chi connectivity index (χ0) is 14.1. The number of nitrogens with zero attached hydrogens (tertiary/aromatic N) is 1. The highest BCUT2D eigenvalue weighted by atomic mass is 19.1. The molecule has 1 rings (SSSR count). The van der Waals surface area contributed by atoms with Gasteiger partial charge >= 0.3 is 0 Å². The average molecular weight is 268 g/mol. The van der Waals surface area contributed by atoms with Crippen LogP contribution in [0.3, 0.4) is 0 Å². The number of nitrogens with one attached hydrogen (secondary N) is 1. The molecule has 0 saturated heterocycles. The molecule has 0 aromatic heterocycles. The SMILES string of the molecule is CCCCCCCCNc1cc(F)cc([N+](=O)[O-])c1. The molecule has 0 spiro atoms. The van der Waals surface area contributed by atoms with Crippen LogP contribution in [0.4, 0.5) is 15.8 Å². The first-order valence-electron chi connectivity index (χ1n) is 6.82. The van der Waals surface area contributed by atoms with Gasteiger partial charge in [0, 0.05) is 18.3 Å². The predicted octanol–water partition coefficient (Wildman–Crippen LogP) is 4.51. The molecule has 106 valence electrons. The van der Waals surface area contributed by atoms with E-state index in [4.69, 9.17) is 0 Å². The number of non-ortho nitro benzene ring substituents is 1. The molecule has 0 saturated carbocycles. The van der Waals surface area contributed by atoms with E-state index in [9.17, 15) is 14.5 Å². The van der Waals surface area contributed by atoms with Gasteiger partial charge in [-0.3, -0.25) is 10.1 Å². The Morgan fingerprint density at radius 1 is 1.16 bits per heavy atom. The minimum absolute atomic E-state index is 0.217. The normalized spacial score (nSPS) is 10.4. The van der Waals surface area contributed by atoms with Gasteiger partial charge in [0.2, 0.25) is 0 Å². The van der Waals surface area contributed by atoms with E-state index in [1.165, 1.54) is 37.8 Å². The summed E-state index contributed by atoms with van der Waals surface area (Å²) < 4.78 is 13.2. The van der Waals surface area contributed by atoms with E-state index >= 15 is 0 Å². The maximum Gasteiger partial charge on any atom is 0.274 e. The summed E-state index contributed by atoms with van der Waals surface area (Å²) in [6.07, 6.45) is 7.08. The highest BCUT2D eigenvalue weighted by molar-refractivity contribution is 5.51. The number of unbranched alkanes of at least 4 members (excludes halogenated alkanes) is 5. The van der Waals surface area contributed by atoms with Gasteiger partial charge in [0.1, 0.15) is 5.82 Å². The highest BCUT2D eigenvalue weighted by Crippen LogP contribution is 2.20. The molecule has 1 aromatic carbocycles. The number of anilines is 1. The molecule has 0 amide bonds. The van der Waals surface area contributed by atoms with E-state index in [2.05, 4.69) is 12.2 Å². The first kappa shape index (κ1) is 15.4. The zero-order valence-corrected chi connectivity index (χ0v) is 11.3. The lowest BCUT2D eigenvalue weighted by Gasteiger charge is -2.06. The number of hydrogen-bond donors (Lipinski definition) is 1. The Hall–Kier alpha value is -1.65. The first-order valence-corrected chi connectivity index (χ1v) is 6.82. The highest BCUT2D eigenvalue weighted by Gasteiger charge is 2.09. The summed E-state index contributed by atoms with van der Waals surface area (Å²) in [4.78, 5) is 10.0. The van der Waals surface area contributed by atoms with E-state index < -0.39 is 10.7 Å². The summed E-state index contributed by atoms with van der Waals surface area (Å²) >= 11 is 0. The van der Waals surface area contributed by atoms with Gasteiger partial charge in [0.05, 0.1) is 11.0 Å². The Balaban J connectivity index is 2.31. The molecular formula is C14H21FN2O2. The zero-order valence-electron chi connectivity index (χ0n) is 11.3. The molecule has 5 heteroatoms. The minimum Gasteiger partial charge on any atom is -0.385 e. The Morgan fingerprint density at radius 2 is 1.84 bits per heavy atom. The molecule has 4 nitrogen and oxygen atoms in total. The van der Waals surface area contributed by atoms with Crippen LogP contribution < -0.4 is 5.32 Å². The molecule has 1 N–H and O–H groups in total. The molecule has 0 radical (unpaired) electrons. The van der Waals surface area contributed by atoms with Crippen molar-refractivity contribution in [1.29, 1.82) is 0 Å². The fourth-order valence-electron chi connectivity index (χ4n) is 1.92. The van der Waals surface area contributed by atoms with Gasteiger partial charge < -0.3 is 5.32 Å². The smallest absolute Gasteiger partial charge is 0.274 e. The molecule has 0 fully saturated rings. The molecule has 0 aliphatic carbocycles. The fourth-order valence-corrected chi connectivity index (χ4v) is 1.92. The number of nitro benzene ring substituents is 1. The molecule has 0 unspecified atom stereocenters. The largest absolute Gasteiger partial charge is 0.385 e. The molecule has 0 bridgehead atoms. The van der Waals surface area contributed by atoms with E-state index in [1.54, 1.807) is 0 Å². The lowest BCUT2D eigenvalue weighted by Crippen LogP contribution is -2.02. The molecule has 19 heavy (non-hydrogen) atoms. The van der Waals surface area contributed by atoms with Gasteiger partial charge in [-0.2, -0.15) is 0 Å². The van der Waals surface area contributed by atoms with Crippen LogP contribution in [0.5, 0.6) is 0 Å². The fraction of sp³-hybridized carbons (Fsp3) is 0.571. The van der Waals surface area contributed by atoms with Gasteiger partial charge in [-0.05, 0) is 12.5 Å². The van der Waals surface area contributed by atoms with Crippen molar-refractivity contribution in [3.05, 3.63) is 34.1 Å². The van der Waals surface area contributed by atoms with Crippen LogP contribution in [-0.2, 0) is 0 Å². The van der Waals surface area contributed by atoms with Crippen molar-refractivity contribution in [3.8, 4) is 0 Å². The molecule has 0 heterocycles. The minimum atomic E-state index is -0.584. The second-order valence-electron chi connectivity index (χ2n) is 4.65. The van der Waals surface area contributed by atoms with Crippen LogP contribution in [0, 0.1) is 15.9 Å². The van der Waals surface area contributed by atoms with Gasteiger partial charge in [0.15, 0.2) is 0 Å². The predicted molar refractivity (Wildman–Crippen MR) is 74.9 cm³/mol. The molecular weight excluding hydrogens is 247 g/mol. The summed E-state index contributed by atoms with van der Waals surface area (Å²) in [7, 11) is 0. The molecule has 1 aromatic rings. The van der Waals surface area contributed by atoms with Gasteiger partial charge in [-0.25, -0.2) is 4.39 Å². The maximum absolute atomic E-state index is 13.2. The molecule has 0 aliphatic rings. The summed E-state index contributed by atoms with van der Waals surface area (Å²) in [5, 5.41) is 13.6. The van der Waals surface area contributed by atoms with Gasteiger partial charge in [-0.15, -0.1) is 0 Å². The van der Waals surface area contributed by atoms with Gasteiger partial charge in [0.25, 0.3) is 5.69 Å². The Morgan fingerprint density at radius 3 is 2.53 bits per heavy atom. The lowest BCUT2D eigenvalue weighted by atomic mass is 10.1. The van der Waals surface area contributed by atoms with Crippen LogP contribution in [0.25, 0.3) is 0 Å². The first-order chi connectivity index (χ1) is 9.13. The number of benzene rings is 1. The summed E-state index contributed by atoms with van der Waals surface area (Å²) in [5.41, 5.74) is 0.255. The number of rotatable bonds is 9. The number of nitro groups is 1. The van der Waals surface area contributed by atoms with Crippen LogP contribution in [-0.4, -0.2) is 11.5 Å². The van der Waals surface area contributed by atoms with Crippen molar-refractivity contribution in [2.45, 2.75) is 45.4 Å². The van der Waals surface area contributed by atoms with Crippen molar-refractivity contribution in [2.75, 3.05) is 11.9 Å². The van der Waals surface area contributed by atoms with Crippen LogP contribution in [0.15, 0.2) is 18.2 Å². The van der Waals surface area contributed by atoms with Crippen LogP contribution >= 0.6 is 0 Å². The van der Waals surface area contributed by atoms with Crippen molar-refractivity contribution in [3.63, 3.8) is 0 Å². The summed E-state index contributed by atoms with van der Waals surface area (Å²) in [6.45, 7) is 2.89. The summed E-state index contributed by atoms with van der Waals surface area (Å²) in [5.74, 6) is -0.584. The van der Waals surface area contributed by atoms with E-state index in [-0.39, 0.29) is 5.69 Å².